The maximum Gasteiger partial charge on any atom is 0.0597 e. The van der Waals surface area contributed by atoms with Gasteiger partial charge in [0.15, 0.2) is 0 Å². The Kier molecular flexibility index (Phi) is 3.57. The molecule has 0 radical (unpaired) electrons. The normalized spacial score (nSPS) is 18.5. The minimum atomic E-state index is 0.0844. The van der Waals surface area contributed by atoms with Crippen LogP contribution in [-0.2, 0) is 10.2 Å². The van der Waals surface area contributed by atoms with Crippen molar-refractivity contribution in [2.24, 2.45) is 5.73 Å². The van der Waals surface area contributed by atoms with Crippen LogP contribution in [0, 0.1) is 0 Å². The summed E-state index contributed by atoms with van der Waals surface area (Å²) in [5.74, 6) is 0. The number of ether oxygens (including phenoxy) is 1. The zero-order chi connectivity index (χ0) is 11.6. The fourth-order valence-corrected chi connectivity index (χ4v) is 2.75. The predicted octanol–water partition coefficient (Wildman–Crippen LogP) is 2.41. The van der Waals surface area contributed by atoms with Crippen molar-refractivity contribution in [3.8, 4) is 0 Å². The standard InChI is InChI=1S/C13H19NOS/c1-10(2)16-12-5-3-11(4-6-12)13(7-14)8-15-9-13/h3-6,10H,7-9,14H2,1-2H3. The number of rotatable bonds is 4. The molecule has 1 heterocycles. The van der Waals surface area contributed by atoms with Crippen LogP contribution in [0.15, 0.2) is 29.2 Å². The molecule has 1 aromatic carbocycles. The molecular weight excluding hydrogens is 218 g/mol. The molecule has 0 aromatic heterocycles. The smallest absolute Gasteiger partial charge is 0.0597 e. The highest BCUT2D eigenvalue weighted by atomic mass is 32.2. The second-order valence-electron chi connectivity index (χ2n) is 4.67. The molecule has 16 heavy (non-hydrogen) atoms. The Bertz CT molecular complexity index is 338. The molecule has 2 N–H and O–H groups in total. The van der Waals surface area contributed by atoms with Crippen molar-refractivity contribution in [1.29, 1.82) is 0 Å². The van der Waals surface area contributed by atoms with E-state index in [1.807, 2.05) is 11.8 Å². The van der Waals surface area contributed by atoms with Gasteiger partial charge in [-0.2, -0.15) is 0 Å². The number of thioether (sulfide) groups is 1. The first kappa shape index (κ1) is 12.0. The zero-order valence-electron chi connectivity index (χ0n) is 9.90. The molecule has 0 saturated carbocycles. The van der Waals surface area contributed by atoms with E-state index in [9.17, 15) is 0 Å². The second kappa shape index (κ2) is 4.78. The molecule has 0 spiro atoms. The lowest BCUT2D eigenvalue weighted by Gasteiger charge is -2.41. The fraction of sp³-hybridized carbons (Fsp3) is 0.538. The van der Waals surface area contributed by atoms with E-state index in [0.29, 0.717) is 11.8 Å². The summed E-state index contributed by atoms with van der Waals surface area (Å²) in [6.45, 7) is 6.61. The van der Waals surface area contributed by atoms with Crippen LogP contribution in [-0.4, -0.2) is 25.0 Å². The second-order valence-corrected chi connectivity index (χ2v) is 6.32. The Morgan fingerprint density at radius 3 is 2.31 bits per heavy atom. The lowest BCUT2D eigenvalue weighted by molar-refractivity contribution is -0.0550. The molecule has 1 fully saturated rings. The molecule has 2 nitrogen and oxygen atoms in total. The summed E-state index contributed by atoms with van der Waals surface area (Å²) >= 11 is 1.89. The first-order chi connectivity index (χ1) is 7.66. The third-order valence-corrected chi connectivity index (χ3v) is 4.00. The van der Waals surface area contributed by atoms with Crippen molar-refractivity contribution >= 4 is 11.8 Å². The SMILES string of the molecule is CC(C)Sc1ccc(C2(CN)COC2)cc1. The van der Waals surface area contributed by atoms with Gasteiger partial charge in [0.25, 0.3) is 0 Å². The number of hydrogen-bond acceptors (Lipinski definition) is 3. The minimum Gasteiger partial charge on any atom is -0.379 e. The average Bonchev–Trinajstić information content (AvgIpc) is 2.19. The molecule has 1 aliphatic rings. The van der Waals surface area contributed by atoms with Crippen LogP contribution >= 0.6 is 11.8 Å². The quantitative estimate of drug-likeness (QED) is 0.817. The highest BCUT2D eigenvalue weighted by Gasteiger charge is 2.38. The minimum absolute atomic E-state index is 0.0844. The van der Waals surface area contributed by atoms with Crippen LogP contribution in [0.2, 0.25) is 0 Å². The van der Waals surface area contributed by atoms with Crippen LogP contribution in [0.25, 0.3) is 0 Å². The average molecular weight is 237 g/mol. The molecule has 1 saturated heterocycles. The molecule has 0 unspecified atom stereocenters. The van der Waals surface area contributed by atoms with Gasteiger partial charge < -0.3 is 10.5 Å². The number of hydrogen-bond donors (Lipinski definition) is 1. The summed E-state index contributed by atoms with van der Waals surface area (Å²) < 4.78 is 5.29. The van der Waals surface area contributed by atoms with Gasteiger partial charge in [-0.15, -0.1) is 11.8 Å². The highest BCUT2D eigenvalue weighted by molar-refractivity contribution is 7.99. The van der Waals surface area contributed by atoms with Crippen molar-refractivity contribution in [2.75, 3.05) is 19.8 Å². The Balaban J connectivity index is 2.12. The lowest BCUT2D eigenvalue weighted by Crippen LogP contribution is -2.52. The van der Waals surface area contributed by atoms with Gasteiger partial charge in [0, 0.05) is 16.7 Å². The van der Waals surface area contributed by atoms with Crippen molar-refractivity contribution in [3.63, 3.8) is 0 Å². The van der Waals surface area contributed by atoms with Gasteiger partial charge in [-0.3, -0.25) is 0 Å². The first-order valence-electron chi connectivity index (χ1n) is 5.71. The Morgan fingerprint density at radius 2 is 1.94 bits per heavy atom. The topological polar surface area (TPSA) is 35.2 Å². The van der Waals surface area contributed by atoms with Crippen molar-refractivity contribution in [3.05, 3.63) is 29.8 Å². The maximum absolute atomic E-state index is 5.83. The van der Waals surface area contributed by atoms with Gasteiger partial charge in [-0.05, 0) is 17.7 Å². The molecule has 1 aromatic rings. The third-order valence-electron chi connectivity index (χ3n) is 2.99. The monoisotopic (exact) mass is 237 g/mol. The van der Waals surface area contributed by atoms with Crippen LogP contribution < -0.4 is 5.73 Å². The van der Waals surface area contributed by atoms with E-state index in [1.54, 1.807) is 0 Å². The molecule has 3 heteroatoms. The summed E-state index contributed by atoms with van der Waals surface area (Å²) in [6.07, 6.45) is 0. The highest BCUT2D eigenvalue weighted by Crippen LogP contribution is 2.33. The Labute approximate surface area is 102 Å². The molecule has 0 aliphatic carbocycles. The fourth-order valence-electron chi connectivity index (χ4n) is 1.91. The van der Waals surface area contributed by atoms with Gasteiger partial charge >= 0.3 is 0 Å². The Hall–Kier alpha value is -0.510. The van der Waals surface area contributed by atoms with E-state index < -0.39 is 0 Å². The van der Waals surface area contributed by atoms with Gasteiger partial charge in [0.2, 0.25) is 0 Å². The van der Waals surface area contributed by atoms with Crippen molar-refractivity contribution < 1.29 is 4.74 Å². The van der Waals surface area contributed by atoms with Crippen molar-refractivity contribution in [2.45, 2.75) is 29.4 Å². The molecule has 88 valence electrons. The number of nitrogens with two attached hydrogens (primary N) is 1. The van der Waals surface area contributed by atoms with E-state index in [4.69, 9.17) is 10.5 Å². The summed E-state index contributed by atoms with van der Waals surface area (Å²) in [6, 6.07) is 8.77. The van der Waals surface area contributed by atoms with Gasteiger partial charge in [0.05, 0.1) is 18.6 Å². The maximum atomic E-state index is 5.83. The summed E-state index contributed by atoms with van der Waals surface area (Å²) in [5, 5.41) is 0.626. The number of benzene rings is 1. The molecule has 2 rings (SSSR count). The summed E-state index contributed by atoms with van der Waals surface area (Å²) in [7, 11) is 0. The predicted molar refractivity (Wildman–Crippen MR) is 69.0 cm³/mol. The molecule has 0 atom stereocenters. The Morgan fingerprint density at radius 1 is 1.31 bits per heavy atom. The van der Waals surface area contributed by atoms with Gasteiger partial charge in [-0.25, -0.2) is 0 Å². The summed E-state index contributed by atoms with van der Waals surface area (Å²) in [4.78, 5) is 1.33. The van der Waals surface area contributed by atoms with E-state index in [0.717, 1.165) is 13.2 Å². The van der Waals surface area contributed by atoms with Crippen LogP contribution in [0.3, 0.4) is 0 Å². The first-order valence-corrected chi connectivity index (χ1v) is 6.59. The van der Waals surface area contributed by atoms with Crippen LogP contribution in [0.4, 0.5) is 0 Å². The van der Waals surface area contributed by atoms with Crippen LogP contribution in [0.1, 0.15) is 19.4 Å². The van der Waals surface area contributed by atoms with Gasteiger partial charge in [-0.1, -0.05) is 26.0 Å². The van der Waals surface area contributed by atoms with E-state index in [2.05, 4.69) is 38.1 Å². The van der Waals surface area contributed by atoms with E-state index in [-0.39, 0.29) is 5.41 Å². The van der Waals surface area contributed by atoms with Gasteiger partial charge in [0.1, 0.15) is 0 Å². The molecular formula is C13H19NOS. The summed E-state index contributed by atoms with van der Waals surface area (Å²) in [5.41, 5.74) is 7.23. The third kappa shape index (κ3) is 2.26. The molecule has 0 bridgehead atoms. The lowest BCUT2D eigenvalue weighted by atomic mass is 9.79. The van der Waals surface area contributed by atoms with E-state index >= 15 is 0 Å². The molecule has 0 amide bonds. The van der Waals surface area contributed by atoms with Crippen LogP contribution in [0.5, 0.6) is 0 Å². The van der Waals surface area contributed by atoms with E-state index in [1.165, 1.54) is 10.5 Å². The van der Waals surface area contributed by atoms with Crippen molar-refractivity contribution in [1.82, 2.24) is 0 Å². The largest absolute Gasteiger partial charge is 0.379 e. The molecule has 1 aliphatic heterocycles. The zero-order valence-corrected chi connectivity index (χ0v) is 10.7.